The molecule has 0 spiro atoms. The van der Waals surface area contributed by atoms with Gasteiger partial charge in [-0.05, 0) is 45.4 Å². The Bertz CT molecular complexity index is 398. The Hall–Kier alpha value is -0.220. The van der Waals surface area contributed by atoms with Crippen LogP contribution in [0.5, 0.6) is 0 Å². The summed E-state index contributed by atoms with van der Waals surface area (Å²) in [6.45, 7) is 7.41. The molecule has 20 heavy (non-hydrogen) atoms. The summed E-state index contributed by atoms with van der Waals surface area (Å²) in [4.78, 5) is 1.16. The molecule has 1 rings (SSSR count). The average molecular weight is 316 g/mol. The fourth-order valence-corrected chi connectivity index (χ4v) is 3.25. The van der Waals surface area contributed by atoms with Crippen molar-refractivity contribution in [2.45, 2.75) is 50.2 Å². The minimum atomic E-state index is -0.0528. The van der Waals surface area contributed by atoms with Gasteiger partial charge in [-0.1, -0.05) is 30.7 Å². The maximum Gasteiger partial charge on any atom is 0.0623 e. The molecule has 1 aromatic carbocycles. The molecule has 1 N–H and O–H groups in total. The van der Waals surface area contributed by atoms with Gasteiger partial charge in [0.05, 0.1) is 10.6 Å². The lowest BCUT2D eigenvalue weighted by atomic mass is 9.99. The summed E-state index contributed by atoms with van der Waals surface area (Å²) in [7, 11) is 1.78. The summed E-state index contributed by atoms with van der Waals surface area (Å²) in [5.74, 6) is 1.03. The quantitative estimate of drug-likeness (QED) is 0.672. The molecular formula is C16H26ClNOS. The van der Waals surface area contributed by atoms with Gasteiger partial charge in [0.15, 0.2) is 0 Å². The molecular weight excluding hydrogens is 290 g/mol. The Morgan fingerprint density at radius 2 is 2.05 bits per heavy atom. The van der Waals surface area contributed by atoms with Crippen LogP contribution in [0.25, 0.3) is 0 Å². The van der Waals surface area contributed by atoms with Crippen molar-refractivity contribution in [2.75, 3.05) is 19.4 Å². The van der Waals surface area contributed by atoms with Gasteiger partial charge in [-0.15, -0.1) is 11.8 Å². The van der Waals surface area contributed by atoms with E-state index in [1.54, 1.807) is 7.11 Å². The van der Waals surface area contributed by atoms with Crippen LogP contribution in [0.15, 0.2) is 29.2 Å². The second kappa shape index (κ2) is 8.93. The Labute approximate surface area is 132 Å². The van der Waals surface area contributed by atoms with E-state index in [9.17, 15) is 0 Å². The highest BCUT2D eigenvalue weighted by Gasteiger charge is 2.19. The molecule has 0 amide bonds. The van der Waals surface area contributed by atoms with Gasteiger partial charge in [-0.2, -0.15) is 0 Å². The van der Waals surface area contributed by atoms with Gasteiger partial charge in [-0.25, -0.2) is 0 Å². The summed E-state index contributed by atoms with van der Waals surface area (Å²) < 4.78 is 5.49. The molecule has 0 aromatic heterocycles. The van der Waals surface area contributed by atoms with Crippen molar-refractivity contribution in [1.29, 1.82) is 0 Å². The van der Waals surface area contributed by atoms with E-state index < -0.39 is 0 Å². The van der Waals surface area contributed by atoms with Gasteiger partial charge in [-0.3, -0.25) is 0 Å². The van der Waals surface area contributed by atoms with E-state index >= 15 is 0 Å². The SMILES string of the molecule is CCNC(CCC(C)(C)OC)CSc1ccccc1Cl. The summed E-state index contributed by atoms with van der Waals surface area (Å²) in [5, 5.41) is 4.39. The van der Waals surface area contributed by atoms with E-state index in [0.29, 0.717) is 6.04 Å². The van der Waals surface area contributed by atoms with Crippen molar-refractivity contribution in [2.24, 2.45) is 0 Å². The third-order valence-electron chi connectivity index (χ3n) is 3.42. The van der Waals surface area contributed by atoms with Gasteiger partial charge >= 0.3 is 0 Å². The number of methoxy groups -OCH3 is 1. The molecule has 0 saturated heterocycles. The first-order valence-electron chi connectivity index (χ1n) is 7.14. The second-order valence-corrected chi connectivity index (χ2v) is 6.97. The summed E-state index contributed by atoms with van der Waals surface area (Å²) in [6.07, 6.45) is 2.15. The fraction of sp³-hybridized carbons (Fsp3) is 0.625. The standard InChI is InChI=1S/C16H26ClNOS/c1-5-18-13(10-11-16(2,3)19-4)12-20-15-9-7-6-8-14(15)17/h6-9,13,18H,5,10-12H2,1-4H3. The lowest BCUT2D eigenvalue weighted by molar-refractivity contribution is 0.0122. The molecule has 4 heteroatoms. The average Bonchev–Trinajstić information content (AvgIpc) is 2.43. The molecule has 0 aliphatic heterocycles. The number of benzene rings is 1. The van der Waals surface area contributed by atoms with Gasteiger partial charge < -0.3 is 10.1 Å². The van der Waals surface area contributed by atoms with Crippen molar-refractivity contribution in [3.8, 4) is 0 Å². The molecule has 0 aliphatic carbocycles. The molecule has 0 radical (unpaired) electrons. The van der Waals surface area contributed by atoms with E-state index in [1.807, 2.05) is 30.0 Å². The van der Waals surface area contributed by atoms with Crippen LogP contribution in [0.2, 0.25) is 5.02 Å². The monoisotopic (exact) mass is 315 g/mol. The molecule has 114 valence electrons. The highest BCUT2D eigenvalue weighted by Crippen LogP contribution is 2.28. The van der Waals surface area contributed by atoms with Crippen molar-refractivity contribution < 1.29 is 4.74 Å². The van der Waals surface area contributed by atoms with Crippen LogP contribution in [0.1, 0.15) is 33.6 Å². The summed E-state index contributed by atoms with van der Waals surface area (Å²) in [6, 6.07) is 8.51. The third kappa shape index (κ3) is 6.49. The first kappa shape index (κ1) is 17.8. The van der Waals surface area contributed by atoms with Crippen molar-refractivity contribution >= 4 is 23.4 Å². The predicted molar refractivity (Wildman–Crippen MR) is 90.0 cm³/mol. The van der Waals surface area contributed by atoms with Gasteiger partial charge in [0.2, 0.25) is 0 Å². The molecule has 0 heterocycles. The third-order valence-corrected chi connectivity index (χ3v) is 5.09. The van der Waals surface area contributed by atoms with Crippen LogP contribution in [-0.2, 0) is 4.74 Å². The smallest absolute Gasteiger partial charge is 0.0623 e. The minimum absolute atomic E-state index is 0.0528. The molecule has 0 aliphatic rings. The molecule has 0 saturated carbocycles. The zero-order chi connectivity index (χ0) is 15.0. The molecule has 2 nitrogen and oxygen atoms in total. The van der Waals surface area contributed by atoms with Crippen LogP contribution in [0.3, 0.4) is 0 Å². The zero-order valence-corrected chi connectivity index (χ0v) is 14.5. The van der Waals surface area contributed by atoms with Crippen molar-refractivity contribution in [1.82, 2.24) is 5.32 Å². The normalized spacial score (nSPS) is 13.4. The van der Waals surface area contributed by atoms with Crippen LogP contribution < -0.4 is 5.32 Å². The lowest BCUT2D eigenvalue weighted by Crippen LogP contribution is -2.34. The van der Waals surface area contributed by atoms with E-state index in [-0.39, 0.29) is 5.60 Å². The maximum absolute atomic E-state index is 6.20. The lowest BCUT2D eigenvalue weighted by Gasteiger charge is -2.26. The molecule has 0 bridgehead atoms. The Morgan fingerprint density at radius 3 is 2.65 bits per heavy atom. The van der Waals surface area contributed by atoms with Crippen molar-refractivity contribution in [3.63, 3.8) is 0 Å². The molecule has 0 fully saturated rings. The number of hydrogen-bond donors (Lipinski definition) is 1. The van der Waals surface area contributed by atoms with Gasteiger partial charge in [0, 0.05) is 23.8 Å². The fourth-order valence-electron chi connectivity index (χ4n) is 1.91. The van der Waals surface area contributed by atoms with E-state index in [4.69, 9.17) is 16.3 Å². The van der Waals surface area contributed by atoms with Crippen LogP contribution in [0, 0.1) is 0 Å². The molecule has 1 aromatic rings. The second-order valence-electron chi connectivity index (χ2n) is 5.50. The zero-order valence-electron chi connectivity index (χ0n) is 12.9. The number of nitrogens with one attached hydrogen (secondary N) is 1. The number of rotatable bonds is 9. The highest BCUT2D eigenvalue weighted by molar-refractivity contribution is 7.99. The topological polar surface area (TPSA) is 21.3 Å². The van der Waals surface area contributed by atoms with Gasteiger partial charge in [0.1, 0.15) is 0 Å². The van der Waals surface area contributed by atoms with Crippen LogP contribution >= 0.6 is 23.4 Å². The van der Waals surface area contributed by atoms with E-state index in [1.165, 1.54) is 0 Å². The Kier molecular flexibility index (Phi) is 7.96. The summed E-state index contributed by atoms with van der Waals surface area (Å²) >= 11 is 8.01. The number of hydrogen-bond acceptors (Lipinski definition) is 3. The Balaban J connectivity index is 2.49. The molecule has 1 unspecified atom stereocenters. The Morgan fingerprint density at radius 1 is 1.35 bits per heavy atom. The van der Waals surface area contributed by atoms with Gasteiger partial charge in [0.25, 0.3) is 0 Å². The molecule has 1 atom stereocenters. The van der Waals surface area contributed by atoms with Crippen molar-refractivity contribution in [3.05, 3.63) is 29.3 Å². The first-order chi connectivity index (χ1) is 9.48. The predicted octanol–water partition coefficient (Wildman–Crippen LogP) is 4.62. The summed E-state index contributed by atoms with van der Waals surface area (Å²) in [5.41, 5.74) is -0.0528. The number of thioether (sulfide) groups is 1. The number of halogens is 1. The van der Waals surface area contributed by atoms with Crippen LogP contribution in [-0.4, -0.2) is 31.1 Å². The first-order valence-corrected chi connectivity index (χ1v) is 8.50. The number of ether oxygens (including phenoxy) is 1. The largest absolute Gasteiger partial charge is 0.379 e. The van der Waals surface area contributed by atoms with Crippen LogP contribution in [0.4, 0.5) is 0 Å². The highest BCUT2D eigenvalue weighted by atomic mass is 35.5. The minimum Gasteiger partial charge on any atom is -0.379 e. The van der Waals surface area contributed by atoms with E-state index in [2.05, 4.69) is 32.2 Å². The maximum atomic E-state index is 6.20. The van der Waals surface area contributed by atoms with E-state index in [0.717, 1.165) is 35.1 Å².